The number of hydrogen-bond acceptors (Lipinski definition) is 2. The molecular weight excluding hydrogens is 224 g/mol. The van der Waals surface area contributed by atoms with E-state index in [4.69, 9.17) is 11.0 Å². The van der Waals surface area contributed by atoms with E-state index in [1.807, 2.05) is 6.07 Å². The molecule has 0 saturated heterocycles. The van der Waals surface area contributed by atoms with Gasteiger partial charge in [0.2, 0.25) is 0 Å². The number of anilines is 1. The molecule has 0 aliphatic carbocycles. The van der Waals surface area contributed by atoms with Crippen LogP contribution in [-0.4, -0.2) is 4.57 Å². The first-order valence-electron chi connectivity index (χ1n) is 4.89. The quantitative estimate of drug-likeness (QED) is 0.811. The highest BCUT2D eigenvalue weighted by Gasteiger charge is 2.15. The van der Waals surface area contributed by atoms with Crippen LogP contribution in [0.5, 0.6) is 0 Å². The van der Waals surface area contributed by atoms with Crippen molar-refractivity contribution >= 4 is 5.69 Å². The molecule has 0 aliphatic rings. The van der Waals surface area contributed by atoms with Gasteiger partial charge in [-0.25, -0.2) is 8.78 Å². The van der Waals surface area contributed by atoms with Gasteiger partial charge in [0.05, 0.1) is 5.69 Å². The summed E-state index contributed by atoms with van der Waals surface area (Å²) in [5, 5.41) is 8.87. The number of nitrogens with two attached hydrogens (primary N) is 1. The summed E-state index contributed by atoms with van der Waals surface area (Å²) in [4.78, 5) is 0. The molecule has 0 spiro atoms. The fourth-order valence-electron chi connectivity index (χ4n) is 1.65. The normalized spacial score (nSPS) is 10.5. The van der Waals surface area contributed by atoms with Crippen molar-refractivity contribution in [2.24, 2.45) is 0 Å². The fraction of sp³-hybridized carbons (Fsp3) is 0.0833. The van der Waals surface area contributed by atoms with Gasteiger partial charge in [0.15, 0.2) is 0 Å². The smallest absolute Gasteiger partial charge is 0.265 e. The van der Waals surface area contributed by atoms with E-state index >= 15 is 0 Å². The molecule has 5 heteroatoms. The van der Waals surface area contributed by atoms with Gasteiger partial charge in [-0.2, -0.15) is 5.26 Å². The molecule has 2 rings (SSSR count). The van der Waals surface area contributed by atoms with Crippen molar-refractivity contribution in [2.45, 2.75) is 6.43 Å². The number of hydrogen-bond donors (Lipinski definition) is 1. The van der Waals surface area contributed by atoms with Gasteiger partial charge in [0.1, 0.15) is 11.8 Å². The zero-order chi connectivity index (χ0) is 12.4. The molecule has 17 heavy (non-hydrogen) atoms. The highest BCUT2D eigenvalue weighted by Crippen LogP contribution is 2.28. The minimum atomic E-state index is -2.64. The molecule has 2 N–H and O–H groups in total. The second-order valence-electron chi connectivity index (χ2n) is 3.49. The minimum Gasteiger partial charge on any atom is -0.399 e. The monoisotopic (exact) mass is 233 g/mol. The van der Waals surface area contributed by atoms with Crippen molar-refractivity contribution in [2.75, 3.05) is 5.73 Å². The Balaban J connectivity index is 2.64. The molecule has 86 valence electrons. The zero-order valence-corrected chi connectivity index (χ0v) is 8.77. The van der Waals surface area contributed by atoms with Crippen LogP contribution >= 0.6 is 0 Å². The first kappa shape index (κ1) is 11.1. The van der Waals surface area contributed by atoms with Gasteiger partial charge >= 0.3 is 0 Å². The predicted molar refractivity (Wildman–Crippen MR) is 59.9 cm³/mol. The number of benzene rings is 1. The molecular formula is C12H9F2N3. The Labute approximate surface area is 96.7 Å². The topological polar surface area (TPSA) is 54.7 Å². The molecule has 2 aromatic rings. The molecule has 0 bridgehead atoms. The Kier molecular flexibility index (Phi) is 2.79. The van der Waals surface area contributed by atoms with Crippen LogP contribution in [0.2, 0.25) is 0 Å². The summed E-state index contributed by atoms with van der Waals surface area (Å²) in [5.41, 5.74) is 6.15. The fourth-order valence-corrected chi connectivity index (χ4v) is 1.65. The number of rotatable bonds is 2. The largest absolute Gasteiger partial charge is 0.399 e. The van der Waals surface area contributed by atoms with E-state index < -0.39 is 6.43 Å². The van der Waals surface area contributed by atoms with Crippen molar-refractivity contribution in [1.29, 1.82) is 5.26 Å². The van der Waals surface area contributed by atoms with Crippen molar-refractivity contribution in [3.05, 3.63) is 47.8 Å². The van der Waals surface area contributed by atoms with Gasteiger partial charge in [-0.05, 0) is 30.3 Å². The number of alkyl halides is 2. The maximum atomic E-state index is 12.9. The average Bonchev–Trinajstić information content (AvgIpc) is 2.76. The van der Waals surface area contributed by atoms with Gasteiger partial charge < -0.3 is 10.3 Å². The van der Waals surface area contributed by atoms with Crippen molar-refractivity contribution in [1.82, 2.24) is 4.57 Å². The van der Waals surface area contributed by atoms with Crippen LogP contribution in [0.3, 0.4) is 0 Å². The Morgan fingerprint density at radius 2 is 2.06 bits per heavy atom. The third kappa shape index (κ3) is 1.97. The van der Waals surface area contributed by atoms with E-state index in [2.05, 4.69) is 0 Å². The van der Waals surface area contributed by atoms with Crippen LogP contribution in [0.1, 0.15) is 17.7 Å². The van der Waals surface area contributed by atoms with Gasteiger partial charge in [-0.1, -0.05) is 0 Å². The molecule has 1 heterocycles. The third-order valence-corrected chi connectivity index (χ3v) is 2.41. The van der Waals surface area contributed by atoms with Crippen LogP contribution in [0.15, 0.2) is 36.5 Å². The summed E-state index contributed by atoms with van der Waals surface area (Å²) in [6.07, 6.45) is -1.07. The summed E-state index contributed by atoms with van der Waals surface area (Å²) < 4.78 is 27.2. The second-order valence-corrected chi connectivity index (χ2v) is 3.49. The Morgan fingerprint density at radius 3 is 2.71 bits per heavy atom. The van der Waals surface area contributed by atoms with E-state index in [-0.39, 0.29) is 16.9 Å². The molecule has 0 aliphatic heterocycles. The number of nitrogens with zero attached hydrogens (tertiary/aromatic N) is 2. The van der Waals surface area contributed by atoms with Crippen molar-refractivity contribution in [3.8, 4) is 11.8 Å². The molecule has 1 aromatic heterocycles. The van der Waals surface area contributed by atoms with E-state index in [1.54, 1.807) is 18.3 Å². The summed E-state index contributed by atoms with van der Waals surface area (Å²) in [6, 6.07) is 9.37. The summed E-state index contributed by atoms with van der Waals surface area (Å²) in [7, 11) is 0. The Hall–Kier alpha value is -2.35. The number of halogens is 2. The second kappa shape index (κ2) is 4.26. The summed E-state index contributed by atoms with van der Waals surface area (Å²) >= 11 is 0. The zero-order valence-electron chi connectivity index (χ0n) is 8.77. The molecule has 0 radical (unpaired) electrons. The lowest BCUT2D eigenvalue weighted by molar-refractivity contribution is 0.151. The average molecular weight is 233 g/mol. The van der Waals surface area contributed by atoms with Crippen LogP contribution in [0, 0.1) is 11.3 Å². The SMILES string of the molecule is N#Cc1cccn1-c1ccc(N)cc1C(F)F. The van der Waals surface area contributed by atoms with Crippen molar-refractivity contribution in [3.63, 3.8) is 0 Å². The van der Waals surface area contributed by atoms with Gasteiger partial charge in [0, 0.05) is 17.4 Å². The Morgan fingerprint density at radius 1 is 1.29 bits per heavy atom. The van der Waals surface area contributed by atoms with Crippen LogP contribution in [0.4, 0.5) is 14.5 Å². The maximum absolute atomic E-state index is 12.9. The predicted octanol–water partition coefficient (Wildman–Crippen LogP) is 2.87. The molecule has 0 atom stereocenters. The lowest BCUT2D eigenvalue weighted by atomic mass is 10.1. The molecule has 0 saturated carbocycles. The van der Waals surface area contributed by atoms with Crippen molar-refractivity contribution < 1.29 is 8.78 Å². The van der Waals surface area contributed by atoms with E-state index in [0.29, 0.717) is 5.69 Å². The highest BCUT2D eigenvalue weighted by atomic mass is 19.3. The number of nitrogen functional groups attached to an aromatic ring is 1. The van der Waals surface area contributed by atoms with E-state index in [9.17, 15) is 8.78 Å². The summed E-state index contributed by atoms with van der Waals surface area (Å²) in [6.45, 7) is 0. The van der Waals surface area contributed by atoms with Crippen LogP contribution in [0.25, 0.3) is 5.69 Å². The van der Waals surface area contributed by atoms with Crippen LogP contribution in [-0.2, 0) is 0 Å². The number of aromatic nitrogens is 1. The van der Waals surface area contributed by atoms with Gasteiger partial charge in [-0.3, -0.25) is 0 Å². The molecule has 3 nitrogen and oxygen atoms in total. The first-order chi connectivity index (χ1) is 8.13. The lowest BCUT2D eigenvalue weighted by Gasteiger charge is -2.11. The molecule has 0 amide bonds. The maximum Gasteiger partial charge on any atom is 0.265 e. The van der Waals surface area contributed by atoms with E-state index in [1.165, 1.54) is 22.8 Å². The standard InChI is InChI=1S/C12H9F2N3/c13-12(14)10-6-8(16)3-4-11(10)17-5-1-2-9(17)7-15/h1-6,12H,16H2. The lowest BCUT2D eigenvalue weighted by Crippen LogP contribution is -2.02. The van der Waals surface area contributed by atoms with Crippen LogP contribution < -0.4 is 5.73 Å². The summed E-state index contributed by atoms with van der Waals surface area (Å²) in [5.74, 6) is 0. The number of nitriles is 1. The molecule has 0 fully saturated rings. The third-order valence-electron chi connectivity index (χ3n) is 2.41. The highest BCUT2D eigenvalue weighted by molar-refractivity contribution is 5.53. The molecule has 0 unspecified atom stereocenters. The Bertz CT molecular complexity index is 582. The minimum absolute atomic E-state index is 0.183. The van der Waals surface area contributed by atoms with Gasteiger partial charge in [-0.15, -0.1) is 0 Å². The van der Waals surface area contributed by atoms with E-state index in [0.717, 1.165) is 0 Å². The first-order valence-corrected chi connectivity index (χ1v) is 4.89. The molecule has 1 aromatic carbocycles. The van der Waals surface area contributed by atoms with Gasteiger partial charge in [0.25, 0.3) is 6.43 Å².